The molecule has 1 amide bonds. The summed E-state index contributed by atoms with van der Waals surface area (Å²) < 4.78 is 118. The largest absolute Gasteiger partial charge is 0.344 e. The first-order chi connectivity index (χ1) is 26.3. The van der Waals surface area contributed by atoms with Gasteiger partial charge in [0, 0.05) is 41.7 Å². The van der Waals surface area contributed by atoms with E-state index in [1.807, 2.05) is 0 Å². The lowest BCUT2D eigenvalue weighted by molar-refractivity contribution is -0.123. The number of nitrogens with zero attached hydrogens (tertiary/aromatic N) is 7. The van der Waals surface area contributed by atoms with Gasteiger partial charge in [0.15, 0.2) is 11.3 Å². The lowest BCUT2D eigenvalue weighted by atomic mass is 10.0. The fourth-order valence-electron chi connectivity index (χ4n) is 7.44. The Morgan fingerprint density at radius 1 is 1.12 bits per heavy atom. The van der Waals surface area contributed by atoms with E-state index >= 15 is 8.78 Å². The molecule has 0 radical (unpaired) electrons. The quantitative estimate of drug-likeness (QED) is 0.155. The molecular formula is C34H25BrClF6N9O4S. The van der Waals surface area contributed by atoms with Crippen LogP contribution in [0.2, 0.25) is 5.02 Å². The van der Waals surface area contributed by atoms with E-state index in [2.05, 4.69) is 46.1 Å². The number of aromatic nitrogens is 7. The van der Waals surface area contributed by atoms with Crippen molar-refractivity contribution in [3.05, 3.63) is 102 Å². The van der Waals surface area contributed by atoms with E-state index in [1.54, 1.807) is 0 Å². The molecule has 2 aromatic carbocycles. The Balaban J connectivity index is 1.32. The zero-order valence-electron chi connectivity index (χ0n) is 28.7. The molecule has 4 aromatic heterocycles. The molecule has 2 aliphatic carbocycles. The third-order valence-corrected chi connectivity index (χ3v) is 10.9. The molecule has 0 unspecified atom stereocenters. The number of fused-ring (bicyclic) bond motifs is 5. The van der Waals surface area contributed by atoms with Gasteiger partial charge in [0.05, 0.1) is 39.4 Å². The van der Waals surface area contributed by atoms with Gasteiger partial charge < -0.3 is 5.32 Å². The minimum atomic E-state index is -3.89. The fraction of sp³-hybridized carbons (Fsp3) is 0.294. The van der Waals surface area contributed by atoms with Gasteiger partial charge in [-0.2, -0.15) is 19.0 Å². The van der Waals surface area contributed by atoms with Crippen molar-refractivity contribution in [3.63, 3.8) is 0 Å². The first-order valence-corrected chi connectivity index (χ1v) is 19.6. The molecular weight excluding hydrogens is 860 g/mol. The molecule has 13 nitrogen and oxygen atoms in total. The van der Waals surface area contributed by atoms with Crippen LogP contribution >= 0.6 is 27.5 Å². The van der Waals surface area contributed by atoms with Crippen molar-refractivity contribution in [3.8, 4) is 5.69 Å². The summed E-state index contributed by atoms with van der Waals surface area (Å²) in [4.78, 5) is 37.4. The zero-order valence-corrected chi connectivity index (χ0v) is 31.8. The normalized spacial score (nSPS) is 17.7. The number of rotatable bonds is 10. The Hall–Kier alpha value is -5.02. The second kappa shape index (κ2) is 13.3. The SMILES string of the molecule is Cn1nc(NS(C)(=O)=O)c2c(Cl)ccc(-n3c([C@H](Cc4cc(F)cc(F)c4)NC(=O)Cn4nc(C(F)F)c5c4C(F)(F)[C@@H]4C[C@H]54)nc4cc(Br)cnc4c3=O)c21. The van der Waals surface area contributed by atoms with Gasteiger partial charge in [0.1, 0.15) is 35.4 Å². The van der Waals surface area contributed by atoms with Crippen LogP contribution in [0.3, 0.4) is 0 Å². The molecule has 8 rings (SSSR count). The van der Waals surface area contributed by atoms with Crippen LogP contribution in [-0.2, 0) is 40.8 Å². The van der Waals surface area contributed by atoms with Crippen LogP contribution in [0.1, 0.15) is 53.1 Å². The van der Waals surface area contributed by atoms with Gasteiger partial charge in [-0.05, 0) is 64.2 Å². The number of halogens is 8. The summed E-state index contributed by atoms with van der Waals surface area (Å²) in [6.07, 6.45) is -1.43. The number of pyridine rings is 1. The summed E-state index contributed by atoms with van der Waals surface area (Å²) in [5.74, 6) is -9.02. The van der Waals surface area contributed by atoms with Crippen LogP contribution in [0.15, 0.2) is 51.9 Å². The van der Waals surface area contributed by atoms with E-state index in [4.69, 9.17) is 11.6 Å². The molecule has 1 saturated carbocycles. The lowest BCUT2D eigenvalue weighted by Crippen LogP contribution is -2.38. The van der Waals surface area contributed by atoms with E-state index in [0.717, 1.165) is 23.0 Å². The molecule has 0 bridgehead atoms. The smallest absolute Gasteiger partial charge is 0.293 e. The van der Waals surface area contributed by atoms with Crippen molar-refractivity contribution >= 4 is 71.2 Å². The van der Waals surface area contributed by atoms with E-state index in [9.17, 15) is 35.6 Å². The number of anilines is 1. The molecule has 22 heteroatoms. The molecule has 56 heavy (non-hydrogen) atoms. The van der Waals surface area contributed by atoms with Gasteiger partial charge >= 0.3 is 0 Å². The van der Waals surface area contributed by atoms with E-state index in [1.165, 1.54) is 36.1 Å². The van der Waals surface area contributed by atoms with Crippen molar-refractivity contribution in [2.75, 3.05) is 11.0 Å². The van der Waals surface area contributed by atoms with Crippen LogP contribution in [0.5, 0.6) is 0 Å². The molecule has 6 aromatic rings. The average molecular weight is 885 g/mol. The number of nitrogens with one attached hydrogen (secondary N) is 2. The Morgan fingerprint density at radius 2 is 1.84 bits per heavy atom. The maximum absolute atomic E-state index is 15.4. The molecule has 3 atom stereocenters. The number of carbonyl (C=O) groups is 1. The lowest BCUT2D eigenvalue weighted by Gasteiger charge is -2.24. The molecule has 2 aliphatic rings. The molecule has 0 spiro atoms. The number of carbonyl (C=O) groups excluding carboxylic acids is 1. The maximum Gasteiger partial charge on any atom is 0.293 e. The highest BCUT2D eigenvalue weighted by molar-refractivity contribution is 9.10. The summed E-state index contributed by atoms with van der Waals surface area (Å²) in [6, 6.07) is 5.24. The van der Waals surface area contributed by atoms with E-state index in [-0.39, 0.29) is 61.8 Å². The van der Waals surface area contributed by atoms with Gasteiger partial charge in [-0.3, -0.25) is 28.2 Å². The Bertz CT molecular complexity index is 2810. The molecule has 0 saturated heterocycles. The number of hydrogen-bond donors (Lipinski definition) is 2. The van der Waals surface area contributed by atoms with Gasteiger partial charge in [0.2, 0.25) is 15.9 Å². The molecule has 2 N–H and O–H groups in total. The highest BCUT2D eigenvalue weighted by Gasteiger charge is 2.67. The van der Waals surface area contributed by atoms with Gasteiger partial charge in [-0.1, -0.05) is 11.6 Å². The minimum absolute atomic E-state index is 0.000260. The topological polar surface area (TPSA) is 159 Å². The number of hydrogen-bond acceptors (Lipinski definition) is 8. The Kier molecular flexibility index (Phi) is 8.99. The zero-order chi connectivity index (χ0) is 40.2. The standard InChI is InChI=1S/C34H25BrClF6N9O4S/c1-49-28-22(4-3-19(36)25(28)31(47-49)48-56(2,54)55)51-32(45-20-8-14(35)11-43-26(20)33(51)53)21(7-13-5-15(37)9-16(38)6-13)44-23(52)12-50-29-24(27(46-50)30(39)40)17-10-18(17)34(29,41)42/h3-6,8-9,11,17-18,21,30H,7,10,12H2,1-2H3,(H,44,52)(H,47,48)/t17-,18+,21-/m0/s1. The third-order valence-electron chi connectivity index (χ3n) is 9.61. The van der Waals surface area contributed by atoms with E-state index in [0.29, 0.717) is 15.2 Å². The molecule has 4 heterocycles. The average Bonchev–Trinajstić information content (AvgIpc) is 3.63. The van der Waals surface area contributed by atoms with Gasteiger partial charge in [-0.15, -0.1) is 0 Å². The highest BCUT2D eigenvalue weighted by atomic mass is 79.9. The first kappa shape index (κ1) is 37.9. The molecule has 0 aliphatic heterocycles. The number of sulfonamides is 1. The van der Waals surface area contributed by atoms with Crippen molar-refractivity contribution < 1.29 is 39.6 Å². The summed E-state index contributed by atoms with van der Waals surface area (Å²) >= 11 is 9.84. The maximum atomic E-state index is 15.4. The van der Waals surface area contributed by atoms with Crippen molar-refractivity contribution in [1.82, 2.24) is 39.4 Å². The number of alkyl halides is 4. The summed E-state index contributed by atoms with van der Waals surface area (Å²) in [7, 11) is -2.45. The molecule has 292 valence electrons. The van der Waals surface area contributed by atoms with Crippen LogP contribution in [0, 0.1) is 17.6 Å². The van der Waals surface area contributed by atoms with Crippen LogP contribution in [0.4, 0.5) is 32.2 Å². The summed E-state index contributed by atoms with van der Waals surface area (Å²) in [5, 5.41) is 10.7. The Labute approximate surface area is 324 Å². The van der Waals surface area contributed by atoms with Crippen LogP contribution in [0.25, 0.3) is 27.6 Å². The second-order valence-corrected chi connectivity index (χ2v) is 16.6. The molecule has 1 fully saturated rings. The predicted octanol–water partition coefficient (Wildman–Crippen LogP) is 6.18. The first-order valence-electron chi connectivity index (χ1n) is 16.5. The summed E-state index contributed by atoms with van der Waals surface area (Å²) in [5.41, 5.74) is -2.86. The van der Waals surface area contributed by atoms with Crippen LogP contribution < -0.4 is 15.6 Å². The number of amides is 1. The van der Waals surface area contributed by atoms with Crippen LogP contribution in [-0.4, -0.2) is 54.7 Å². The van der Waals surface area contributed by atoms with Gasteiger partial charge in [0.25, 0.3) is 17.9 Å². The van der Waals surface area contributed by atoms with Crippen molar-refractivity contribution in [2.45, 2.75) is 43.7 Å². The monoisotopic (exact) mass is 883 g/mol. The minimum Gasteiger partial charge on any atom is -0.344 e. The van der Waals surface area contributed by atoms with Crippen molar-refractivity contribution in [2.24, 2.45) is 13.0 Å². The third kappa shape index (κ3) is 6.47. The number of benzene rings is 2. The van der Waals surface area contributed by atoms with Gasteiger partial charge in [-0.25, -0.2) is 35.9 Å². The number of aryl methyl sites for hydroxylation is 1. The fourth-order valence-corrected chi connectivity index (χ4v) is 8.49. The highest BCUT2D eigenvalue weighted by Crippen LogP contribution is 2.68. The Morgan fingerprint density at radius 3 is 2.52 bits per heavy atom. The van der Waals surface area contributed by atoms with Crippen molar-refractivity contribution in [1.29, 1.82) is 0 Å². The predicted molar refractivity (Wildman–Crippen MR) is 193 cm³/mol. The summed E-state index contributed by atoms with van der Waals surface area (Å²) in [6.45, 7) is -0.976. The van der Waals surface area contributed by atoms with E-state index < -0.39 is 87.7 Å². The second-order valence-electron chi connectivity index (χ2n) is 13.5.